The van der Waals surface area contributed by atoms with Crippen LogP contribution in [0.3, 0.4) is 0 Å². The van der Waals surface area contributed by atoms with Crippen molar-refractivity contribution >= 4 is 17.8 Å². The lowest BCUT2D eigenvalue weighted by Gasteiger charge is -2.14. The average molecular weight is 297 g/mol. The smallest absolute Gasteiger partial charge is 0.425 e. The summed E-state index contributed by atoms with van der Waals surface area (Å²) in [6.07, 6.45) is -2.17. The molecule has 0 amide bonds. The van der Waals surface area contributed by atoms with E-state index >= 15 is 0 Å². The number of hydrogen-bond donors (Lipinski definition) is 0. The van der Waals surface area contributed by atoms with E-state index in [4.69, 9.17) is 14.2 Å². The van der Waals surface area contributed by atoms with E-state index in [1.807, 2.05) is 0 Å². The largest absolute Gasteiger partial charge is 0.516 e. The summed E-state index contributed by atoms with van der Waals surface area (Å²) in [5.74, 6) is -0.777. The first-order chi connectivity index (χ1) is 9.79. The Balaban J connectivity index is 2.49. The molecule has 0 aliphatic carbocycles. The number of ether oxygens (including phenoxy) is 3. The minimum Gasteiger partial charge on any atom is -0.425 e. The Morgan fingerprint density at radius 3 is 2.14 bits per heavy atom. The molecule has 8 heteroatoms. The quantitative estimate of drug-likeness (QED) is 0.270. The van der Waals surface area contributed by atoms with Gasteiger partial charge in [-0.15, -0.1) is 0 Å². The van der Waals surface area contributed by atoms with Crippen LogP contribution >= 0.6 is 0 Å². The van der Waals surface area contributed by atoms with Crippen molar-refractivity contribution in [1.29, 1.82) is 0 Å². The second-order valence-electron chi connectivity index (χ2n) is 4.38. The monoisotopic (exact) mass is 297 g/mol. The van der Waals surface area contributed by atoms with Gasteiger partial charge in [-0.25, -0.2) is 4.79 Å². The molecule has 21 heavy (non-hydrogen) atoms. The van der Waals surface area contributed by atoms with E-state index in [-0.39, 0.29) is 17.4 Å². The average Bonchev–Trinajstić information content (AvgIpc) is 2.38. The Morgan fingerprint density at radius 1 is 1.10 bits per heavy atom. The number of hydrogen-bond acceptors (Lipinski definition) is 7. The van der Waals surface area contributed by atoms with Crippen LogP contribution in [0.1, 0.15) is 20.8 Å². The van der Waals surface area contributed by atoms with Gasteiger partial charge in [-0.2, -0.15) is 0 Å². The Labute approximate surface area is 120 Å². The van der Waals surface area contributed by atoms with Gasteiger partial charge in [0.05, 0.1) is 10.8 Å². The fourth-order valence-corrected chi connectivity index (χ4v) is 1.22. The summed E-state index contributed by atoms with van der Waals surface area (Å²) in [5, 5.41) is 10.5. The molecule has 0 fully saturated rings. The summed E-state index contributed by atoms with van der Waals surface area (Å²) in [6, 6.07) is 4.88. The van der Waals surface area contributed by atoms with Crippen LogP contribution in [0.25, 0.3) is 0 Å². The lowest BCUT2D eigenvalue weighted by molar-refractivity contribution is -0.384. The summed E-state index contributed by atoms with van der Waals surface area (Å²) in [4.78, 5) is 32.6. The number of carbonyl (C=O) groups excluding carboxylic acids is 2. The van der Waals surface area contributed by atoms with E-state index in [1.54, 1.807) is 13.8 Å². The Kier molecular flexibility index (Phi) is 5.65. The van der Waals surface area contributed by atoms with Crippen molar-refractivity contribution in [3.05, 3.63) is 34.4 Å². The van der Waals surface area contributed by atoms with E-state index in [0.29, 0.717) is 0 Å². The van der Waals surface area contributed by atoms with Crippen molar-refractivity contribution in [2.45, 2.75) is 27.1 Å². The third-order valence-electron chi connectivity index (χ3n) is 2.26. The fourth-order valence-electron chi connectivity index (χ4n) is 1.22. The zero-order valence-corrected chi connectivity index (χ0v) is 11.8. The van der Waals surface area contributed by atoms with Crippen molar-refractivity contribution in [2.75, 3.05) is 0 Å². The standard InChI is InChI=1S/C13H15NO7/c1-8(2)12(15)19-9(3)20-13(16)21-11-6-4-10(5-7-11)14(17)18/h4-9H,1-3H3. The molecule has 1 rings (SSSR count). The van der Waals surface area contributed by atoms with Crippen LogP contribution in [0, 0.1) is 16.0 Å². The summed E-state index contributed by atoms with van der Waals surface area (Å²) < 4.78 is 14.3. The Bertz CT molecular complexity index is 524. The highest BCUT2D eigenvalue weighted by atomic mass is 16.8. The Morgan fingerprint density at radius 2 is 1.67 bits per heavy atom. The van der Waals surface area contributed by atoms with Crippen LogP contribution in [0.2, 0.25) is 0 Å². The number of carbonyl (C=O) groups is 2. The van der Waals surface area contributed by atoms with Crippen LogP contribution in [-0.4, -0.2) is 23.3 Å². The second kappa shape index (κ2) is 7.22. The van der Waals surface area contributed by atoms with Crippen LogP contribution in [-0.2, 0) is 14.3 Å². The molecule has 0 heterocycles. The van der Waals surface area contributed by atoms with Crippen LogP contribution in [0.15, 0.2) is 24.3 Å². The highest BCUT2D eigenvalue weighted by Gasteiger charge is 2.18. The first kappa shape index (κ1) is 16.4. The highest BCUT2D eigenvalue weighted by molar-refractivity contribution is 5.72. The summed E-state index contributed by atoms with van der Waals surface area (Å²) in [7, 11) is 0. The van der Waals surface area contributed by atoms with Crippen molar-refractivity contribution in [3.63, 3.8) is 0 Å². The molecule has 0 radical (unpaired) electrons. The SMILES string of the molecule is CC(OC(=O)Oc1ccc([N+](=O)[O-])cc1)OC(=O)C(C)C. The number of nitro benzene ring substituents is 1. The maximum atomic E-state index is 11.4. The predicted octanol–water partition coefficient (Wildman–Crippen LogP) is 2.66. The zero-order chi connectivity index (χ0) is 16.0. The molecule has 8 nitrogen and oxygen atoms in total. The molecule has 0 bridgehead atoms. The minimum absolute atomic E-state index is 0.0768. The van der Waals surface area contributed by atoms with Gasteiger partial charge in [-0.3, -0.25) is 14.9 Å². The molecule has 0 aliphatic heterocycles. The number of nitro groups is 1. The van der Waals surface area contributed by atoms with Crippen molar-refractivity contribution in [2.24, 2.45) is 5.92 Å². The van der Waals surface area contributed by atoms with Gasteiger partial charge in [0.1, 0.15) is 5.75 Å². The number of esters is 1. The van der Waals surface area contributed by atoms with Gasteiger partial charge in [-0.05, 0) is 12.1 Å². The molecular formula is C13H15NO7. The van der Waals surface area contributed by atoms with Gasteiger partial charge >= 0.3 is 12.1 Å². The number of nitrogens with zero attached hydrogens (tertiary/aromatic N) is 1. The molecule has 1 atom stereocenters. The molecule has 0 aliphatic rings. The van der Waals surface area contributed by atoms with E-state index in [2.05, 4.69) is 0 Å². The molecule has 0 saturated carbocycles. The molecule has 1 aromatic carbocycles. The fraction of sp³-hybridized carbons (Fsp3) is 0.385. The van der Waals surface area contributed by atoms with E-state index in [9.17, 15) is 19.7 Å². The van der Waals surface area contributed by atoms with Gasteiger partial charge in [0.2, 0.25) is 6.29 Å². The number of rotatable bonds is 5. The third kappa shape index (κ3) is 5.47. The first-order valence-corrected chi connectivity index (χ1v) is 6.13. The molecule has 1 aromatic rings. The molecule has 0 saturated heterocycles. The molecule has 0 spiro atoms. The van der Waals surface area contributed by atoms with Crippen molar-refractivity contribution < 1.29 is 28.7 Å². The number of non-ortho nitro benzene ring substituents is 1. The minimum atomic E-state index is -1.09. The van der Waals surface area contributed by atoms with Crippen LogP contribution in [0.4, 0.5) is 10.5 Å². The van der Waals surface area contributed by atoms with Crippen LogP contribution < -0.4 is 4.74 Å². The highest BCUT2D eigenvalue weighted by Crippen LogP contribution is 2.18. The molecule has 114 valence electrons. The van der Waals surface area contributed by atoms with E-state index in [1.165, 1.54) is 31.2 Å². The third-order valence-corrected chi connectivity index (χ3v) is 2.26. The van der Waals surface area contributed by atoms with E-state index in [0.717, 1.165) is 0 Å². The summed E-state index contributed by atoms with van der Waals surface area (Å²) in [5.41, 5.74) is -0.130. The summed E-state index contributed by atoms with van der Waals surface area (Å²) in [6.45, 7) is 4.66. The molecule has 0 aromatic heterocycles. The zero-order valence-electron chi connectivity index (χ0n) is 11.8. The number of benzene rings is 1. The predicted molar refractivity (Wildman–Crippen MR) is 70.6 cm³/mol. The topological polar surface area (TPSA) is 105 Å². The second-order valence-corrected chi connectivity index (χ2v) is 4.38. The summed E-state index contributed by atoms with van der Waals surface area (Å²) >= 11 is 0. The van der Waals surface area contributed by atoms with Crippen molar-refractivity contribution in [3.8, 4) is 5.75 Å². The van der Waals surface area contributed by atoms with Gasteiger partial charge in [0.15, 0.2) is 0 Å². The maximum absolute atomic E-state index is 11.4. The van der Waals surface area contributed by atoms with Gasteiger partial charge in [0.25, 0.3) is 5.69 Å². The Hall–Kier alpha value is -2.64. The van der Waals surface area contributed by atoms with Crippen molar-refractivity contribution in [1.82, 2.24) is 0 Å². The normalized spacial score (nSPS) is 11.6. The van der Waals surface area contributed by atoms with Gasteiger partial charge < -0.3 is 14.2 Å². The van der Waals surface area contributed by atoms with E-state index < -0.39 is 23.3 Å². The lowest BCUT2D eigenvalue weighted by atomic mass is 10.2. The maximum Gasteiger partial charge on any atom is 0.516 e. The molecule has 0 N–H and O–H groups in total. The molecule has 1 unspecified atom stereocenters. The van der Waals surface area contributed by atoms with Gasteiger partial charge in [0, 0.05) is 19.1 Å². The first-order valence-electron chi connectivity index (χ1n) is 6.13. The lowest BCUT2D eigenvalue weighted by Crippen LogP contribution is -2.25. The van der Waals surface area contributed by atoms with Crippen LogP contribution in [0.5, 0.6) is 5.75 Å². The van der Waals surface area contributed by atoms with Gasteiger partial charge in [-0.1, -0.05) is 13.8 Å². The molecular weight excluding hydrogens is 282 g/mol.